The number of benzene rings is 3. The number of nitrogens with one attached hydrogen (secondary N) is 1. The fourth-order valence-electron chi connectivity index (χ4n) is 3.20. The number of para-hydroxylation sites is 1. The molecule has 0 saturated carbocycles. The summed E-state index contributed by atoms with van der Waals surface area (Å²) in [5, 5.41) is 3.34. The van der Waals surface area contributed by atoms with Crippen LogP contribution < -0.4 is 20.3 Å². The van der Waals surface area contributed by atoms with Crippen LogP contribution in [0.5, 0.6) is 11.5 Å². The highest BCUT2D eigenvalue weighted by atomic mass is 16.5. The van der Waals surface area contributed by atoms with Crippen molar-refractivity contribution in [2.24, 2.45) is 7.05 Å². The molecule has 156 valence electrons. The third-order valence-electron chi connectivity index (χ3n) is 4.84. The molecule has 1 amide bonds. The van der Waals surface area contributed by atoms with Gasteiger partial charge in [0.2, 0.25) is 0 Å². The Hall–Kier alpha value is -4.13. The number of methoxy groups -OCH3 is 1. The van der Waals surface area contributed by atoms with E-state index < -0.39 is 0 Å². The quantitative estimate of drug-likeness (QED) is 0.520. The van der Waals surface area contributed by atoms with Gasteiger partial charge in [-0.1, -0.05) is 12.1 Å². The molecule has 7 nitrogen and oxygen atoms in total. The van der Waals surface area contributed by atoms with Crippen molar-refractivity contribution in [2.75, 3.05) is 19.0 Å². The van der Waals surface area contributed by atoms with E-state index in [4.69, 9.17) is 9.47 Å². The molecule has 0 bridgehead atoms. The first-order valence-electron chi connectivity index (χ1n) is 9.68. The Morgan fingerprint density at radius 2 is 1.65 bits per heavy atom. The number of hydrogen-bond donors (Lipinski definition) is 1. The van der Waals surface area contributed by atoms with E-state index in [-0.39, 0.29) is 18.1 Å². The largest absolute Gasteiger partial charge is 0.497 e. The number of carbonyl (C=O) groups is 1. The Labute approximate surface area is 178 Å². The molecular weight excluding hydrogens is 394 g/mol. The highest BCUT2D eigenvalue weighted by molar-refractivity contribution is 5.91. The van der Waals surface area contributed by atoms with Gasteiger partial charge in [0.05, 0.1) is 18.0 Å². The maximum Gasteiger partial charge on any atom is 0.262 e. The molecule has 0 radical (unpaired) electrons. The number of hydrogen-bond acceptors (Lipinski definition) is 5. The van der Waals surface area contributed by atoms with Crippen LogP contribution in [-0.2, 0) is 11.8 Å². The zero-order valence-electron chi connectivity index (χ0n) is 17.2. The van der Waals surface area contributed by atoms with Gasteiger partial charge in [-0.25, -0.2) is 4.98 Å². The van der Waals surface area contributed by atoms with Gasteiger partial charge >= 0.3 is 0 Å². The SMILES string of the molecule is COc1ccc(NC(=O)COc2ccc(-c3nc4ccccc4c(=O)n3C)cc2)cc1. The highest BCUT2D eigenvalue weighted by Gasteiger charge is 2.10. The number of anilines is 1. The van der Waals surface area contributed by atoms with Gasteiger partial charge in [-0.2, -0.15) is 0 Å². The minimum Gasteiger partial charge on any atom is -0.497 e. The number of fused-ring (bicyclic) bond motifs is 1. The summed E-state index contributed by atoms with van der Waals surface area (Å²) < 4.78 is 12.2. The van der Waals surface area contributed by atoms with E-state index in [1.165, 1.54) is 4.57 Å². The molecule has 4 rings (SSSR count). The summed E-state index contributed by atoms with van der Waals surface area (Å²) in [4.78, 5) is 29.3. The lowest BCUT2D eigenvalue weighted by molar-refractivity contribution is -0.118. The summed E-state index contributed by atoms with van der Waals surface area (Å²) in [6, 6.07) is 21.4. The standard InChI is InChI=1S/C24H21N3O4/c1-27-23(26-21-6-4-3-5-20(21)24(27)29)16-7-11-19(12-8-16)31-15-22(28)25-17-9-13-18(30-2)14-10-17/h3-14H,15H2,1-2H3,(H,25,28). The summed E-state index contributed by atoms with van der Waals surface area (Å²) >= 11 is 0. The molecule has 1 heterocycles. The average Bonchev–Trinajstić information content (AvgIpc) is 2.81. The van der Waals surface area contributed by atoms with Gasteiger partial charge < -0.3 is 14.8 Å². The molecule has 0 aliphatic heterocycles. The van der Waals surface area contributed by atoms with Gasteiger partial charge in [0.25, 0.3) is 11.5 Å². The number of nitrogens with zero attached hydrogens (tertiary/aromatic N) is 2. The van der Waals surface area contributed by atoms with Crippen molar-refractivity contribution in [1.29, 1.82) is 0 Å². The summed E-state index contributed by atoms with van der Waals surface area (Å²) in [5.74, 6) is 1.55. The van der Waals surface area contributed by atoms with Crippen molar-refractivity contribution >= 4 is 22.5 Å². The molecule has 1 aromatic heterocycles. The minimum atomic E-state index is -0.271. The van der Waals surface area contributed by atoms with Crippen LogP contribution in [0.2, 0.25) is 0 Å². The first kappa shape index (κ1) is 20.2. The molecule has 4 aromatic rings. The summed E-state index contributed by atoms with van der Waals surface area (Å²) in [6.45, 7) is -0.127. The predicted molar refractivity (Wildman–Crippen MR) is 120 cm³/mol. The molecule has 3 aromatic carbocycles. The van der Waals surface area contributed by atoms with Crippen LogP contribution >= 0.6 is 0 Å². The Balaban J connectivity index is 1.44. The van der Waals surface area contributed by atoms with E-state index >= 15 is 0 Å². The number of amides is 1. The normalized spacial score (nSPS) is 10.6. The van der Waals surface area contributed by atoms with E-state index in [0.29, 0.717) is 33.9 Å². The Bertz CT molecular complexity index is 1280. The molecule has 0 saturated heterocycles. The second-order valence-corrected chi connectivity index (χ2v) is 6.91. The fraction of sp³-hybridized carbons (Fsp3) is 0.125. The third kappa shape index (κ3) is 4.40. The first-order chi connectivity index (χ1) is 15.0. The van der Waals surface area contributed by atoms with Gasteiger partial charge in [-0.15, -0.1) is 0 Å². The van der Waals surface area contributed by atoms with Crippen LogP contribution in [0, 0.1) is 0 Å². The molecule has 0 unspecified atom stereocenters. The lowest BCUT2D eigenvalue weighted by Crippen LogP contribution is -2.20. The van der Waals surface area contributed by atoms with Crippen molar-refractivity contribution in [3.63, 3.8) is 0 Å². The number of rotatable bonds is 6. The van der Waals surface area contributed by atoms with Crippen molar-refractivity contribution in [3.8, 4) is 22.9 Å². The molecular formula is C24H21N3O4. The Morgan fingerprint density at radius 3 is 2.35 bits per heavy atom. The van der Waals surface area contributed by atoms with Crippen molar-refractivity contribution < 1.29 is 14.3 Å². The van der Waals surface area contributed by atoms with E-state index in [0.717, 1.165) is 5.56 Å². The van der Waals surface area contributed by atoms with Crippen LogP contribution in [0.25, 0.3) is 22.3 Å². The zero-order chi connectivity index (χ0) is 21.8. The maximum atomic E-state index is 12.6. The van der Waals surface area contributed by atoms with Crippen LogP contribution in [0.4, 0.5) is 5.69 Å². The van der Waals surface area contributed by atoms with E-state index in [1.807, 2.05) is 30.3 Å². The first-order valence-corrected chi connectivity index (χ1v) is 9.68. The highest BCUT2D eigenvalue weighted by Crippen LogP contribution is 2.21. The van der Waals surface area contributed by atoms with Crippen molar-refractivity contribution in [1.82, 2.24) is 9.55 Å². The van der Waals surface area contributed by atoms with Gasteiger partial charge in [0.1, 0.15) is 17.3 Å². The van der Waals surface area contributed by atoms with Crippen LogP contribution in [0.1, 0.15) is 0 Å². The summed E-state index contributed by atoms with van der Waals surface area (Å²) in [5.41, 5.74) is 1.99. The van der Waals surface area contributed by atoms with Crippen LogP contribution in [-0.4, -0.2) is 29.2 Å². The van der Waals surface area contributed by atoms with E-state index in [9.17, 15) is 9.59 Å². The Kier molecular flexibility index (Phi) is 5.66. The molecule has 7 heteroatoms. The molecule has 0 spiro atoms. The van der Waals surface area contributed by atoms with Crippen LogP contribution in [0.15, 0.2) is 77.6 Å². The number of carbonyl (C=O) groups excluding carboxylic acids is 1. The van der Waals surface area contributed by atoms with Crippen molar-refractivity contribution in [3.05, 3.63) is 83.2 Å². The number of aromatic nitrogens is 2. The minimum absolute atomic E-state index is 0.101. The predicted octanol–water partition coefficient (Wildman–Crippen LogP) is 3.63. The molecule has 0 atom stereocenters. The smallest absolute Gasteiger partial charge is 0.262 e. The molecule has 0 aliphatic carbocycles. The zero-order valence-corrected chi connectivity index (χ0v) is 17.2. The second-order valence-electron chi connectivity index (χ2n) is 6.91. The fourth-order valence-corrected chi connectivity index (χ4v) is 3.20. The maximum absolute atomic E-state index is 12.6. The monoisotopic (exact) mass is 415 g/mol. The molecule has 1 N–H and O–H groups in total. The van der Waals surface area contributed by atoms with Gasteiger partial charge in [0.15, 0.2) is 6.61 Å². The number of ether oxygens (including phenoxy) is 2. The second kappa shape index (κ2) is 8.71. The van der Waals surface area contributed by atoms with Crippen molar-refractivity contribution in [2.45, 2.75) is 0 Å². The van der Waals surface area contributed by atoms with Gasteiger partial charge in [0, 0.05) is 18.3 Å². The van der Waals surface area contributed by atoms with Gasteiger partial charge in [-0.3, -0.25) is 14.2 Å². The Morgan fingerprint density at radius 1 is 0.968 bits per heavy atom. The van der Waals surface area contributed by atoms with E-state index in [1.54, 1.807) is 56.6 Å². The molecule has 0 aliphatic rings. The molecule has 0 fully saturated rings. The van der Waals surface area contributed by atoms with E-state index in [2.05, 4.69) is 10.3 Å². The lowest BCUT2D eigenvalue weighted by atomic mass is 10.1. The molecule has 31 heavy (non-hydrogen) atoms. The summed E-state index contributed by atoms with van der Waals surface area (Å²) in [6.07, 6.45) is 0. The lowest BCUT2D eigenvalue weighted by Gasteiger charge is -2.11. The van der Waals surface area contributed by atoms with Crippen LogP contribution in [0.3, 0.4) is 0 Å². The summed E-state index contributed by atoms with van der Waals surface area (Å²) in [7, 11) is 3.29. The van der Waals surface area contributed by atoms with Gasteiger partial charge in [-0.05, 0) is 60.7 Å². The third-order valence-corrected chi connectivity index (χ3v) is 4.84. The average molecular weight is 415 g/mol. The topological polar surface area (TPSA) is 82.5 Å².